The van der Waals surface area contributed by atoms with Crippen molar-refractivity contribution in [3.8, 4) is 11.8 Å². The molecule has 8 nitrogen and oxygen atoms in total. The Labute approximate surface area is 210 Å². The van der Waals surface area contributed by atoms with Gasteiger partial charge >= 0.3 is 0 Å². The topological polar surface area (TPSA) is 118 Å². The number of aromatic nitrogens is 2. The van der Waals surface area contributed by atoms with Crippen molar-refractivity contribution >= 4 is 34.2 Å². The Bertz CT molecular complexity index is 1510. The first-order chi connectivity index (χ1) is 17.5. The van der Waals surface area contributed by atoms with Crippen LogP contribution in [-0.4, -0.2) is 32.6 Å². The molecule has 3 amide bonds. The Hall–Kier alpha value is -4.81. The molecule has 2 aromatic carbocycles. The van der Waals surface area contributed by atoms with Crippen molar-refractivity contribution in [2.75, 3.05) is 5.32 Å². The zero-order valence-corrected chi connectivity index (χ0v) is 19.7. The molecule has 0 radical (unpaired) electrons. The standard InChI is InChI=1S/C27H19N5O3S/c28-24(33)22-11-9-18(15-30-22)7-6-17-8-10-20-16-32(26(35)21(20)14-17)23(19-4-2-1-3-5-19)25(34)31-27-29-12-13-36-27/h1-5,8-15,23H,16H2,(H2,28,33)(H,29,31,34). The second-order valence-electron chi connectivity index (χ2n) is 7.99. The summed E-state index contributed by atoms with van der Waals surface area (Å²) in [7, 11) is 0. The average Bonchev–Trinajstić information content (AvgIpc) is 3.52. The normalized spacial score (nSPS) is 12.9. The van der Waals surface area contributed by atoms with Gasteiger partial charge in [-0.1, -0.05) is 48.2 Å². The van der Waals surface area contributed by atoms with E-state index in [1.54, 1.807) is 28.6 Å². The van der Waals surface area contributed by atoms with Gasteiger partial charge in [-0.3, -0.25) is 19.7 Å². The first-order valence-electron chi connectivity index (χ1n) is 11.0. The fraction of sp³-hybridized carbons (Fsp3) is 0.0741. The Morgan fingerprint density at radius 2 is 1.81 bits per heavy atom. The van der Waals surface area contributed by atoms with E-state index in [0.29, 0.717) is 33.9 Å². The molecule has 3 heterocycles. The molecule has 0 aliphatic carbocycles. The Morgan fingerprint density at radius 3 is 2.50 bits per heavy atom. The lowest BCUT2D eigenvalue weighted by Gasteiger charge is -2.27. The molecule has 1 atom stereocenters. The minimum atomic E-state index is -0.820. The number of thiazole rings is 1. The second-order valence-corrected chi connectivity index (χ2v) is 8.89. The third-order valence-electron chi connectivity index (χ3n) is 5.65. The van der Waals surface area contributed by atoms with Crippen LogP contribution in [0.4, 0.5) is 5.13 Å². The number of nitrogens with one attached hydrogen (secondary N) is 1. The zero-order chi connectivity index (χ0) is 25.1. The molecule has 1 aliphatic rings. The number of carbonyl (C=O) groups is 3. The predicted octanol–water partition coefficient (Wildman–Crippen LogP) is 3.37. The Kier molecular flexibility index (Phi) is 6.26. The quantitative estimate of drug-likeness (QED) is 0.413. The number of rotatable bonds is 5. The van der Waals surface area contributed by atoms with Crippen LogP contribution in [0.1, 0.15) is 49.1 Å². The molecule has 176 valence electrons. The van der Waals surface area contributed by atoms with Crippen LogP contribution in [-0.2, 0) is 11.3 Å². The third kappa shape index (κ3) is 4.71. The van der Waals surface area contributed by atoms with Gasteiger partial charge in [-0.05, 0) is 35.4 Å². The minimum Gasteiger partial charge on any atom is -0.364 e. The van der Waals surface area contributed by atoms with Crippen LogP contribution < -0.4 is 11.1 Å². The lowest BCUT2D eigenvalue weighted by molar-refractivity contribution is -0.120. The van der Waals surface area contributed by atoms with E-state index in [9.17, 15) is 14.4 Å². The molecule has 2 aromatic heterocycles. The second kappa shape index (κ2) is 9.82. The summed E-state index contributed by atoms with van der Waals surface area (Å²) in [5.41, 5.74) is 8.66. The number of primary amides is 1. The van der Waals surface area contributed by atoms with E-state index in [2.05, 4.69) is 27.1 Å². The molecule has 5 rings (SSSR count). The van der Waals surface area contributed by atoms with Crippen LogP contribution >= 0.6 is 11.3 Å². The number of nitrogens with zero attached hydrogens (tertiary/aromatic N) is 3. The molecule has 1 aliphatic heterocycles. The van der Waals surface area contributed by atoms with Crippen molar-refractivity contribution in [1.82, 2.24) is 14.9 Å². The van der Waals surface area contributed by atoms with Crippen molar-refractivity contribution in [2.45, 2.75) is 12.6 Å². The van der Waals surface area contributed by atoms with Crippen molar-refractivity contribution in [2.24, 2.45) is 5.73 Å². The number of carbonyl (C=O) groups excluding carboxylic acids is 3. The summed E-state index contributed by atoms with van der Waals surface area (Å²) in [6, 6.07) is 17.0. The van der Waals surface area contributed by atoms with E-state index in [0.717, 1.165) is 5.56 Å². The van der Waals surface area contributed by atoms with E-state index < -0.39 is 11.9 Å². The lowest BCUT2D eigenvalue weighted by atomic mass is 10.0. The van der Waals surface area contributed by atoms with E-state index >= 15 is 0 Å². The third-order valence-corrected chi connectivity index (χ3v) is 6.34. The van der Waals surface area contributed by atoms with Gasteiger partial charge in [0.25, 0.3) is 17.7 Å². The molecular weight excluding hydrogens is 474 g/mol. The number of hydrogen-bond acceptors (Lipinski definition) is 6. The lowest BCUT2D eigenvalue weighted by Crippen LogP contribution is -2.37. The Balaban J connectivity index is 1.41. The highest BCUT2D eigenvalue weighted by atomic mass is 32.1. The van der Waals surface area contributed by atoms with Gasteiger partial charge < -0.3 is 10.6 Å². The molecular formula is C27H19N5O3S. The SMILES string of the molecule is NC(=O)c1ccc(C#Cc2ccc3c(c2)C(=O)N(C(C(=O)Nc2nccs2)c2ccccc2)C3)cn1. The van der Waals surface area contributed by atoms with Gasteiger partial charge in [0.15, 0.2) is 5.13 Å². The maximum absolute atomic E-state index is 13.5. The number of amides is 3. The largest absolute Gasteiger partial charge is 0.364 e. The van der Waals surface area contributed by atoms with Crippen LogP contribution in [0.25, 0.3) is 0 Å². The van der Waals surface area contributed by atoms with Crippen LogP contribution in [0, 0.1) is 11.8 Å². The number of anilines is 1. The summed E-state index contributed by atoms with van der Waals surface area (Å²) >= 11 is 1.31. The van der Waals surface area contributed by atoms with Gasteiger partial charge in [-0.25, -0.2) is 9.97 Å². The van der Waals surface area contributed by atoms with E-state index in [1.165, 1.54) is 23.6 Å². The molecule has 3 N–H and O–H groups in total. The first kappa shape index (κ1) is 23.0. The molecule has 1 unspecified atom stereocenters. The molecule has 0 saturated carbocycles. The number of nitrogens with two attached hydrogens (primary N) is 1. The number of hydrogen-bond donors (Lipinski definition) is 2. The molecule has 0 spiro atoms. The van der Waals surface area contributed by atoms with Gasteiger partial charge in [0.05, 0.1) is 0 Å². The average molecular weight is 494 g/mol. The van der Waals surface area contributed by atoms with Gasteiger partial charge in [0, 0.05) is 41.0 Å². The summed E-state index contributed by atoms with van der Waals surface area (Å²) in [4.78, 5) is 47.6. The Morgan fingerprint density at radius 1 is 1.03 bits per heavy atom. The summed E-state index contributed by atoms with van der Waals surface area (Å²) in [5.74, 6) is 4.82. The molecule has 9 heteroatoms. The predicted molar refractivity (Wildman–Crippen MR) is 135 cm³/mol. The van der Waals surface area contributed by atoms with Gasteiger partial charge in [-0.2, -0.15) is 0 Å². The van der Waals surface area contributed by atoms with Crippen molar-refractivity contribution in [3.63, 3.8) is 0 Å². The van der Waals surface area contributed by atoms with Gasteiger partial charge in [0.1, 0.15) is 11.7 Å². The van der Waals surface area contributed by atoms with Crippen molar-refractivity contribution < 1.29 is 14.4 Å². The van der Waals surface area contributed by atoms with E-state index in [1.807, 2.05) is 42.5 Å². The number of fused-ring (bicyclic) bond motifs is 1. The summed E-state index contributed by atoms with van der Waals surface area (Å²) < 4.78 is 0. The van der Waals surface area contributed by atoms with Crippen molar-refractivity contribution in [1.29, 1.82) is 0 Å². The first-order valence-corrected chi connectivity index (χ1v) is 11.8. The van der Waals surface area contributed by atoms with Crippen LogP contribution in [0.2, 0.25) is 0 Å². The molecule has 0 fully saturated rings. The minimum absolute atomic E-state index is 0.163. The zero-order valence-electron chi connectivity index (χ0n) is 18.8. The van der Waals surface area contributed by atoms with E-state index in [-0.39, 0.29) is 17.5 Å². The summed E-state index contributed by atoms with van der Waals surface area (Å²) in [6.07, 6.45) is 3.08. The molecule has 0 saturated heterocycles. The monoisotopic (exact) mass is 493 g/mol. The van der Waals surface area contributed by atoms with Crippen molar-refractivity contribution in [3.05, 3.63) is 112 Å². The number of pyridine rings is 1. The van der Waals surface area contributed by atoms with Crippen LogP contribution in [0.3, 0.4) is 0 Å². The summed E-state index contributed by atoms with van der Waals surface area (Å²) in [5, 5.41) is 5.07. The maximum atomic E-state index is 13.5. The number of benzene rings is 2. The van der Waals surface area contributed by atoms with E-state index in [4.69, 9.17) is 5.73 Å². The highest BCUT2D eigenvalue weighted by molar-refractivity contribution is 7.13. The highest BCUT2D eigenvalue weighted by Crippen LogP contribution is 2.33. The molecule has 36 heavy (non-hydrogen) atoms. The van der Waals surface area contributed by atoms with Gasteiger partial charge in [-0.15, -0.1) is 11.3 Å². The van der Waals surface area contributed by atoms with Crippen LogP contribution in [0.15, 0.2) is 78.4 Å². The van der Waals surface area contributed by atoms with Gasteiger partial charge in [0.2, 0.25) is 0 Å². The smallest absolute Gasteiger partial charge is 0.267 e. The summed E-state index contributed by atoms with van der Waals surface area (Å²) in [6.45, 7) is 0.297. The molecule has 0 bridgehead atoms. The highest BCUT2D eigenvalue weighted by Gasteiger charge is 2.37. The molecule has 4 aromatic rings. The maximum Gasteiger partial charge on any atom is 0.267 e. The fourth-order valence-electron chi connectivity index (χ4n) is 3.93. The van der Waals surface area contributed by atoms with Crippen LogP contribution in [0.5, 0.6) is 0 Å². The fourth-order valence-corrected chi connectivity index (χ4v) is 4.47.